The zero-order chi connectivity index (χ0) is 18.6. The van der Waals surface area contributed by atoms with Crippen LogP contribution < -0.4 is 10.9 Å². The van der Waals surface area contributed by atoms with Crippen molar-refractivity contribution in [1.82, 2.24) is 19.9 Å². The van der Waals surface area contributed by atoms with Crippen LogP contribution >= 0.6 is 0 Å². The minimum absolute atomic E-state index is 0.0131. The number of rotatable bonds is 4. The predicted molar refractivity (Wildman–Crippen MR) is 103 cm³/mol. The number of para-hydroxylation sites is 1. The zero-order valence-corrected chi connectivity index (χ0v) is 14.9. The molecule has 1 fully saturated rings. The highest BCUT2D eigenvalue weighted by atomic mass is 16.2. The number of hydrogen-bond donors (Lipinski definition) is 1. The molecule has 27 heavy (non-hydrogen) atoms. The highest BCUT2D eigenvalue weighted by Crippen LogP contribution is 2.19. The summed E-state index contributed by atoms with van der Waals surface area (Å²) in [5, 5.41) is 11.7. The standard InChI is InChI=1S/C20H21N5O2/c26-19(21-16-6-2-1-3-7-16)15-10-12-24(13-11-15)14-25-20(27)17-8-4-5-9-18(17)22-23-25/h1-9,15H,10-14H2,(H,21,26). The Bertz CT molecular complexity index is 994. The predicted octanol–water partition coefficient (Wildman–Crippen LogP) is 2.10. The van der Waals surface area contributed by atoms with Crippen molar-refractivity contribution in [3.8, 4) is 0 Å². The van der Waals surface area contributed by atoms with Gasteiger partial charge in [-0.1, -0.05) is 35.5 Å². The number of piperidine rings is 1. The SMILES string of the molecule is O=C(Nc1ccccc1)C1CCN(Cn2nnc3ccccc3c2=O)CC1. The maximum Gasteiger partial charge on any atom is 0.278 e. The second kappa shape index (κ2) is 7.67. The van der Waals surface area contributed by atoms with E-state index in [4.69, 9.17) is 0 Å². The fourth-order valence-electron chi connectivity index (χ4n) is 3.41. The van der Waals surface area contributed by atoms with Crippen LogP contribution in [0.5, 0.6) is 0 Å². The third-order valence-corrected chi connectivity index (χ3v) is 4.96. The average molecular weight is 363 g/mol. The second-order valence-electron chi connectivity index (χ2n) is 6.80. The van der Waals surface area contributed by atoms with E-state index in [9.17, 15) is 9.59 Å². The smallest absolute Gasteiger partial charge is 0.278 e. The van der Waals surface area contributed by atoms with Gasteiger partial charge in [0.25, 0.3) is 5.56 Å². The van der Waals surface area contributed by atoms with Crippen LogP contribution in [-0.2, 0) is 11.5 Å². The lowest BCUT2D eigenvalue weighted by Gasteiger charge is -2.31. The van der Waals surface area contributed by atoms with E-state index in [2.05, 4.69) is 20.5 Å². The molecule has 7 heteroatoms. The van der Waals surface area contributed by atoms with Gasteiger partial charge in [-0.3, -0.25) is 14.5 Å². The highest BCUT2D eigenvalue weighted by molar-refractivity contribution is 5.92. The number of nitrogens with zero attached hydrogens (tertiary/aromatic N) is 4. The van der Waals surface area contributed by atoms with Crippen LogP contribution in [0.15, 0.2) is 59.4 Å². The molecule has 138 valence electrons. The summed E-state index contributed by atoms with van der Waals surface area (Å²) in [6.45, 7) is 1.88. The molecule has 0 atom stereocenters. The summed E-state index contributed by atoms with van der Waals surface area (Å²) in [7, 11) is 0. The lowest BCUT2D eigenvalue weighted by molar-refractivity contribution is -0.121. The van der Waals surface area contributed by atoms with Crippen molar-refractivity contribution in [2.24, 2.45) is 5.92 Å². The van der Waals surface area contributed by atoms with Gasteiger partial charge < -0.3 is 5.32 Å². The Labute approximate surface area is 156 Å². The molecule has 0 radical (unpaired) electrons. The van der Waals surface area contributed by atoms with Gasteiger partial charge in [-0.15, -0.1) is 5.10 Å². The Balaban J connectivity index is 1.36. The Morgan fingerprint density at radius 3 is 2.52 bits per heavy atom. The van der Waals surface area contributed by atoms with Crippen molar-refractivity contribution in [2.75, 3.05) is 18.4 Å². The highest BCUT2D eigenvalue weighted by Gasteiger charge is 2.25. The maximum atomic E-state index is 12.5. The van der Waals surface area contributed by atoms with E-state index in [0.29, 0.717) is 17.6 Å². The first-order chi connectivity index (χ1) is 13.2. The van der Waals surface area contributed by atoms with Crippen LogP contribution in [0.1, 0.15) is 12.8 Å². The summed E-state index contributed by atoms with van der Waals surface area (Å²) < 4.78 is 1.40. The monoisotopic (exact) mass is 363 g/mol. The molecular formula is C20H21N5O2. The normalized spacial score (nSPS) is 15.7. The molecule has 4 rings (SSSR count). The van der Waals surface area contributed by atoms with Gasteiger partial charge in [0.2, 0.25) is 5.91 Å². The van der Waals surface area contributed by atoms with Crippen molar-refractivity contribution < 1.29 is 4.79 Å². The van der Waals surface area contributed by atoms with Gasteiger partial charge >= 0.3 is 0 Å². The Morgan fingerprint density at radius 1 is 1.04 bits per heavy atom. The van der Waals surface area contributed by atoms with Gasteiger partial charge in [-0.2, -0.15) is 4.68 Å². The first-order valence-electron chi connectivity index (χ1n) is 9.11. The fraction of sp³-hybridized carbons (Fsp3) is 0.300. The van der Waals surface area contributed by atoms with Crippen molar-refractivity contribution in [3.63, 3.8) is 0 Å². The number of likely N-dealkylation sites (tertiary alicyclic amines) is 1. The molecule has 0 bridgehead atoms. The number of carbonyl (C=O) groups is 1. The van der Waals surface area contributed by atoms with E-state index >= 15 is 0 Å². The molecule has 3 aromatic rings. The summed E-state index contributed by atoms with van der Waals surface area (Å²) in [6.07, 6.45) is 1.52. The number of fused-ring (bicyclic) bond motifs is 1. The minimum atomic E-state index is -0.135. The van der Waals surface area contributed by atoms with Gasteiger partial charge in [0.05, 0.1) is 12.1 Å². The molecule has 1 N–H and O–H groups in total. The summed E-state index contributed by atoms with van der Waals surface area (Å²) >= 11 is 0. The molecule has 0 unspecified atom stereocenters. The number of benzene rings is 2. The van der Waals surface area contributed by atoms with Crippen LogP contribution in [0.3, 0.4) is 0 Å². The van der Waals surface area contributed by atoms with Gasteiger partial charge in [0.1, 0.15) is 5.52 Å². The molecule has 0 saturated carbocycles. The maximum absolute atomic E-state index is 12.5. The van der Waals surface area contributed by atoms with Crippen LogP contribution in [0.2, 0.25) is 0 Å². The Hall–Kier alpha value is -3.06. The third kappa shape index (κ3) is 3.88. The number of nitrogens with one attached hydrogen (secondary N) is 1. The lowest BCUT2D eigenvalue weighted by atomic mass is 9.96. The van der Waals surface area contributed by atoms with Gasteiger partial charge in [-0.25, -0.2) is 0 Å². The van der Waals surface area contributed by atoms with E-state index in [-0.39, 0.29) is 17.4 Å². The van der Waals surface area contributed by atoms with Crippen molar-refractivity contribution in [2.45, 2.75) is 19.5 Å². The van der Waals surface area contributed by atoms with Gasteiger partial charge in [0, 0.05) is 24.7 Å². The average Bonchev–Trinajstić information content (AvgIpc) is 2.71. The lowest BCUT2D eigenvalue weighted by Crippen LogP contribution is -2.41. The molecule has 1 aromatic heterocycles. The first-order valence-corrected chi connectivity index (χ1v) is 9.11. The third-order valence-electron chi connectivity index (χ3n) is 4.96. The van der Waals surface area contributed by atoms with Gasteiger partial charge in [-0.05, 0) is 37.1 Å². The van der Waals surface area contributed by atoms with E-state index in [0.717, 1.165) is 31.6 Å². The topological polar surface area (TPSA) is 80.1 Å². The largest absolute Gasteiger partial charge is 0.326 e. The van der Waals surface area contributed by atoms with E-state index < -0.39 is 0 Å². The summed E-state index contributed by atoms with van der Waals surface area (Å²) in [5.41, 5.74) is 1.29. The van der Waals surface area contributed by atoms with Gasteiger partial charge in [0.15, 0.2) is 0 Å². The molecule has 1 amide bonds. The molecule has 0 aliphatic carbocycles. The van der Waals surface area contributed by atoms with E-state index in [1.165, 1.54) is 4.68 Å². The molecule has 2 aromatic carbocycles. The zero-order valence-electron chi connectivity index (χ0n) is 14.9. The number of hydrogen-bond acceptors (Lipinski definition) is 5. The summed E-state index contributed by atoms with van der Waals surface area (Å²) in [6, 6.07) is 16.7. The van der Waals surface area contributed by atoms with Crippen molar-refractivity contribution >= 4 is 22.5 Å². The van der Waals surface area contributed by atoms with E-state index in [1.54, 1.807) is 12.1 Å². The molecular weight excluding hydrogens is 342 g/mol. The minimum Gasteiger partial charge on any atom is -0.326 e. The van der Waals surface area contributed by atoms with Crippen LogP contribution in [0.4, 0.5) is 5.69 Å². The van der Waals surface area contributed by atoms with Crippen LogP contribution in [-0.4, -0.2) is 38.9 Å². The summed E-state index contributed by atoms with van der Waals surface area (Å²) in [4.78, 5) is 27.1. The molecule has 1 aliphatic heterocycles. The molecule has 0 spiro atoms. The quantitative estimate of drug-likeness (QED) is 0.768. The van der Waals surface area contributed by atoms with Crippen molar-refractivity contribution in [1.29, 1.82) is 0 Å². The van der Waals surface area contributed by atoms with Crippen molar-refractivity contribution in [3.05, 3.63) is 65.0 Å². The van der Waals surface area contributed by atoms with E-state index in [1.807, 2.05) is 42.5 Å². The first kappa shape index (κ1) is 17.4. The Morgan fingerprint density at radius 2 is 1.74 bits per heavy atom. The summed E-state index contributed by atoms with van der Waals surface area (Å²) in [5.74, 6) is 0.0457. The molecule has 1 saturated heterocycles. The number of amides is 1. The molecule has 1 aliphatic rings. The number of aromatic nitrogens is 3. The number of anilines is 1. The molecule has 2 heterocycles. The van der Waals surface area contributed by atoms with Crippen LogP contribution in [0.25, 0.3) is 10.9 Å². The van der Waals surface area contributed by atoms with Crippen LogP contribution in [0, 0.1) is 5.92 Å². The molecule has 7 nitrogen and oxygen atoms in total. The number of carbonyl (C=O) groups excluding carboxylic acids is 1. The second-order valence-corrected chi connectivity index (χ2v) is 6.80. The Kier molecular flexibility index (Phi) is 4.93. The fourth-order valence-corrected chi connectivity index (χ4v) is 3.41.